The summed E-state index contributed by atoms with van der Waals surface area (Å²) in [5, 5.41) is 8.99. The first-order valence-electron chi connectivity index (χ1n) is 5.56. The number of aryl methyl sites for hydroxylation is 1. The predicted molar refractivity (Wildman–Crippen MR) is 69.1 cm³/mol. The molecular weight excluding hydrogens is 252 g/mol. The number of halogens is 1. The maximum atomic E-state index is 8.83. The summed E-state index contributed by atoms with van der Waals surface area (Å²) in [4.78, 5) is 7.88. The SMILES string of the molecule is Cc1cnc(Cl)nc1Oc1ccc(CCO)cc1. The summed E-state index contributed by atoms with van der Waals surface area (Å²) in [5.74, 6) is 1.12. The van der Waals surface area contributed by atoms with E-state index in [0.29, 0.717) is 18.1 Å². The zero-order chi connectivity index (χ0) is 13.0. The zero-order valence-corrected chi connectivity index (χ0v) is 10.7. The number of aliphatic hydroxyl groups excluding tert-OH is 1. The third kappa shape index (κ3) is 3.18. The summed E-state index contributed by atoms with van der Waals surface area (Å²) < 4.78 is 5.63. The molecular formula is C13H13ClN2O2. The average Bonchev–Trinajstić information content (AvgIpc) is 2.37. The topological polar surface area (TPSA) is 55.2 Å². The van der Waals surface area contributed by atoms with Crippen LogP contribution in [-0.2, 0) is 6.42 Å². The molecule has 1 aromatic heterocycles. The molecule has 1 heterocycles. The fourth-order valence-corrected chi connectivity index (χ4v) is 1.60. The Labute approximate surface area is 110 Å². The first-order chi connectivity index (χ1) is 8.69. The highest BCUT2D eigenvalue weighted by Gasteiger charge is 2.05. The monoisotopic (exact) mass is 264 g/mol. The van der Waals surface area contributed by atoms with E-state index in [1.54, 1.807) is 6.20 Å². The highest BCUT2D eigenvalue weighted by molar-refractivity contribution is 6.28. The molecule has 0 saturated carbocycles. The Hall–Kier alpha value is -1.65. The van der Waals surface area contributed by atoms with Crippen LogP contribution in [0.2, 0.25) is 5.28 Å². The van der Waals surface area contributed by atoms with Crippen LogP contribution in [0.3, 0.4) is 0 Å². The van der Waals surface area contributed by atoms with Gasteiger partial charge in [-0.3, -0.25) is 0 Å². The molecule has 0 unspecified atom stereocenters. The van der Waals surface area contributed by atoms with Crippen LogP contribution in [0.15, 0.2) is 30.5 Å². The molecule has 0 atom stereocenters. The second kappa shape index (κ2) is 5.80. The van der Waals surface area contributed by atoms with Crippen molar-refractivity contribution in [3.05, 3.63) is 46.9 Å². The van der Waals surface area contributed by atoms with Gasteiger partial charge in [-0.15, -0.1) is 0 Å². The lowest BCUT2D eigenvalue weighted by molar-refractivity contribution is 0.299. The predicted octanol–water partition coefficient (Wildman–Crippen LogP) is 2.77. The van der Waals surface area contributed by atoms with Gasteiger partial charge in [0, 0.05) is 18.4 Å². The smallest absolute Gasteiger partial charge is 0.226 e. The number of rotatable bonds is 4. The molecule has 0 aliphatic rings. The summed E-state index contributed by atoms with van der Waals surface area (Å²) in [5.41, 5.74) is 1.88. The maximum absolute atomic E-state index is 8.83. The van der Waals surface area contributed by atoms with E-state index in [9.17, 15) is 0 Å². The number of aromatic nitrogens is 2. The minimum Gasteiger partial charge on any atom is -0.439 e. The van der Waals surface area contributed by atoms with E-state index in [4.69, 9.17) is 21.4 Å². The van der Waals surface area contributed by atoms with E-state index < -0.39 is 0 Å². The molecule has 4 nitrogen and oxygen atoms in total. The largest absolute Gasteiger partial charge is 0.439 e. The van der Waals surface area contributed by atoms with E-state index in [0.717, 1.165) is 11.1 Å². The highest BCUT2D eigenvalue weighted by Crippen LogP contribution is 2.23. The van der Waals surface area contributed by atoms with Crippen LogP contribution in [-0.4, -0.2) is 21.7 Å². The average molecular weight is 265 g/mol. The first-order valence-corrected chi connectivity index (χ1v) is 5.93. The van der Waals surface area contributed by atoms with Gasteiger partial charge in [-0.2, -0.15) is 4.98 Å². The second-order valence-electron chi connectivity index (χ2n) is 3.85. The van der Waals surface area contributed by atoms with Crippen LogP contribution in [0.1, 0.15) is 11.1 Å². The molecule has 0 fully saturated rings. The van der Waals surface area contributed by atoms with Crippen LogP contribution < -0.4 is 4.74 Å². The highest BCUT2D eigenvalue weighted by atomic mass is 35.5. The van der Waals surface area contributed by atoms with Crippen molar-refractivity contribution >= 4 is 11.6 Å². The van der Waals surface area contributed by atoms with Crippen molar-refractivity contribution in [3.63, 3.8) is 0 Å². The van der Waals surface area contributed by atoms with Gasteiger partial charge in [0.1, 0.15) is 5.75 Å². The Bertz CT molecular complexity index is 529. The first kappa shape index (κ1) is 12.8. The van der Waals surface area contributed by atoms with Gasteiger partial charge in [-0.25, -0.2) is 4.98 Å². The number of hydrogen-bond donors (Lipinski definition) is 1. The molecule has 0 radical (unpaired) electrons. The van der Waals surface area contributed by atoms with E-state index in [2.05, 4.69) is 9.97 Å². The molecule has 0 aliphatic carbocycles. The lowest BCUT2D eigenvalue weighted by Crippen LogP contribution is -1.94. The number of ether oxygens (including phenoxy) is 1. The quantitative estimate of drug-likeness (QED) is 0.863. The summed E-state index contributed by atoms with van der Waals surface area (Å²) in [6.45, 7) is 1.99. The summed E-state index contributed by atoms with van der Waals surface area (Å²) in [7, 11) is 0. The maximum Gasteiger partial charge on any atom is 0.226 e. The number of aliphatic hydroxyl groups is 1. The van der Waals surface area contributed by atoms with Gasteiger partial charge in [0.2, 0.25) is 11.2 Å². The fourth-order valence-electron chi connectivity index (χ4n) is 1.47. The van der Waals surface area contributed by atoms with Gasteiger partial charge >= 0.3 is 0 Å². The molecule has 94 valence electrons. The number of benzene rings is 1. The Morgan fingerprint density at radius 1 is 1.28 bits per heavy atom. The molecule has 0 spiro atoms. The van der Waals surface area contributed by atoms with Crippen LogP contribution in [0.4, 0.5) is 0 Å². The minimum atomic E-state index is 0.140. The van der Waals surface area contributed by atoms with Crippen LogP contribution in [0.25, 0.3) is 0 Å². The van der Waals surface area contributed by atoms with Gasteiger partial charge in [-0.1, -0.05) is 12.1 Å². The van der Waals surface area contributed by atoms with Gasteiger partial charge in [-0.05, 0) is 42.6 Å². The number of nitrogens with zero attached hydrogens (tertiary/aromatic N) is 2. The molecule has 1 aromatic carbocycles. The molecule has 0 bridgehead atoms. The molecule has 0 saturated heterocycles. The fraction of sp³-hybridized carbons (Fsp3) is 0.231. The third-order valence-corrected chi connectivity index (χ3v) is 2.62. The van der Waals surface area contributed by atoms with E-state index >= 15 is 0 Å². The lowest BCUT2D eigenvalue weighted by Gasteiger charge is -2.07. The Kier molecular flexibility index (Phi) is 4.12. The van der Waals surface area contributed by atoms with Gasteiger partial charge in [0.05, 0.1) is 0 Å². The molecule has 5 heteroatoms. The van der Waals surface area contributed by atoms with Crippen LogP contribution in [0, 0.1) is 6.92 Å². The molecule has 0 amide bonds. The van der Waals surface area contributed by atoms with Gasteiger partial charge in [0.25, 0.3) is 0 Å². The van der Waals surface area contributed by atoms with E-state index in [1.165, 1.54) is 0 Å². The normalized spacial score (nSPS) is 10.4. The standard InChI is InChI=1S/C13H13ClN2O2/c1-9-8-15-13(14)16-12(9)18-11-4-2-10(3-5-11)6-7-17/h2-5,8,17H,6-7H2,1H3. The van der Waals surface area contributed by atoms with Crippen molar-refractivity contribution in [1.82, 2.24) is 9.97 Å². The number of hydrogen-bond acceptors (Lipinski definition) is 4. The van der Waals surface area contributed by atoms with Crippen LogP contribution in [0.5, 0.6) is 11.6 Å². The van der Waals surface area contributed by atoms with Crippen molar-refractivity contribution in [2.24, 2.45) is 0 Å². The van der Waals surface area contributed by atoms with Crippen molar-refractivity contribution in [1.29, 1.82) is 0 Å². The molecule has 18 heavy (non-hydrogen) atoms. The van der Waals surface area contributed by atoms with Gasteiger partial charge in [0.15, 0.2) is 0 Å². The molecule has 2 rings (SSSR count). The molecule has 1 N–H and O–H groups in total. The Balaban J connectivity index is 2.15. The third-order valence-electron chi connectivity index (χ3n) is 2.43. The summed E-state index contributed by atoms with van der Waals surface area (Å²) in [6.07, 6.45) is 2.25. The summed E-state index contributed by atoms with van der Waals surface area (Å²) >= 11 is 5.72. The second-order valence-corrected chi connectivity index (χ2v) is 4.18. The van der Waals surface area contributed by atoms with Gasteiger partial charge < -0.3 is 9.84 Å². The van der Waals surface area contributed by atoms with Crippen molar-refractivity contribution in [3.8, 4) is 11.6 Å². The van der Waals surface area contributed by atoms with Crippen molar-refractivity contribution < 1.29 is 9.84 Å². The van der Waals surface area contributed by atoms with Crippen molar-refractivity contribution in [2.75, 3.05) is 6.61 Å². The Morgan fingerprint density at radius 3 is 2.67 bits per heavy atom. The molecule has 2 aromatic rings. The van der Waals surface area contributed by atoms with Crippen molar-refractivity contribution in [2.45, 2.75) is 13.3 Å². The lowest BCUT2D eigenvalue weighted by atomic mass is 10.1. The van der Waals surface area contributed by atoms with E-state index in [1.807, 2.05) is 31.2 Å². The van der Waals surface area contributed by atoms with E-state index in [-0.39, 0.29) is 11.9 Å². The summed E-state index contributed by atoms with van der Waals surface area (Å²) in [6, 6.07) is 7.48. The minimum absolute atomic E-state index is 0.140. The molecule has 0 aliphatic heterocycles. The Morgan fingerprint density at radius 2 is 2.00 bits per heavy atom. The zero-order valence-electron chi connectivity index (χ0n) is 9.93. The van der Waals surface area contributed by atoms with Crippen LogP contribution >= 0.6 is 11.6 Å².